The highest BCUT2D eigenvalue weighted by molar-refractivity contribution is 6.00. The summed E-state index contributed by atoms with van der Waals surface area (Å²) < 4.78 is 7.13. The zero-order valence-electron chi connectivity index (χ0n) is 17.2. The van der Waals surface area contributed by atoms with Crippen molar-refractivity contribution in [2.24, 2.45) is 0 Å². The summed E-state index contributed by atoms with van der Waals surface area (Å²) in [5.74, 6) is 0.122. The molecule has 0 unspecified atom stereocenters. The van der Waals surface area contributed by atoms with Crippen LogP contribution in [-0.2, 0) is 4.79 Å². The Balaban J connectivity index is 1.42. The van der Waals surface area contributed by atoms with E-state index in [4.69, 9.17) is 4.74 Å². The number of nitrogens with zero attached hydrogens (tertiary/aromatic N) is 4. The van der Waals surface area contributed by atoms with Crippen molar-refractivity contribution in [2.45, 2.75) is 31.7 Å². The Hall–Kier alpha value is -3.42. The third-order valence-corrected chi connectivity index (χ3v) is 5.47. The van der Waals surface area contributed by atoms with Crippen molar-refractivity contribution in [3.8, 4) is 5.75 Å². The maximum Gasteiger partial charge on any atom is 0.254 e. The fourth-order valence-electron chi connectivity index (χ4n) is 3.90. The molecule has 0 saturated heterocycles. The van der Waals surface area contributed by atoms with E-state index in [1.54, 1.807) is 50.6 Å². The second kappa shape index (κ2) is 8.52. The Morgan fingerprint density at radius 1 is 1.20 bits per heavy atom. The van der Waals surface area contributed by atoms with Gasteiger partial charge in [0.25, 0.3) is 5.91 Å². The van der Waals surface area contributed by atoms with Gasteiger partial charge < -0.3 is 15.0 Å². The van der Waals surface area contributed by atoms with E-state index >= 15 is 0 Å². The van der Waals surface area contributed by atoms with Crippen LogP contribution < -0.4 is 10.1 Å². The van der Waals surface area contributed by atoms with Crippen LogP contribution in [0.3, 0.4) is 0 Å². The molecular formula is C22H25N5O3. The van der Waals surface area contributed by atoms with Gasteiger partial charge in [0.2, 0.25) is 5.91 Å². The molecule has 2 amide bonds. The van der Waals surface area contributed by atoms with E-state index in [1.165, 1.54) is 17.7 Å². The van der Waals surface area contributed by atoms with Crippen LogP contribution in [0, 0.1) is 0 Å². The topological polar surface area (TPSA) is 89.3 Å². The number of fused-ring (bicyclic) bond motifs is 1. The molecule has 4 rings (SSSR count). The summed E-state index contributed by atoms with van der Waals surface area (Å²) in [5, 5.41) is 11.3. The lowest BCUT2D eigenvalue weighted by molar-refractivity contribution is -0.116. The molecule has 2 aromatic carbocycles. The number of benzene rings is 2. The van der Waals surface area contributed by atoms with Gasteiger partial charge in [0, 0.05) is 24.4 Å². The molecule has 156 valence electrons. The smallest absolute Gasteiger partial charge is 0.254 e. The van der Waals surface area contributed by atoms with Crippen molar-refractivity contribution in [2.75, 3.05) is 26.0 Å². The summed E-state index contributed by atoms with van der Waals surface area (Å²) in [7, 11) is 3.17. The zero-order valence-corrected chi connectivity index (χ0v) is 17.2. The third kappa shape index (κ3) is 4.12. The number of amides is 2. The summed E-state index contributed by atoms with van der Waals surface area (Å²) in [5.41, 5.74) is 2.74. The van der Waals surface area contributed by atoms with E-state index in [-0.39, 0.29) is 18.4 Å². The molecule has 30 heavy (non-hydrogen) atoms. The van der Waals surface area contributed by atoms with Crippen LogP contribution >= 0.6 is 0 Å². The van der Waals surface area contributed by atoms with E-state index < -0.39 is 0 Å². The summed E-state index contributed by atoms with van der Waals surface area (Å²) in [4.78, 5) is 26.5. The van der Waals surface area contributed by atoms with Crippen LogP contribution in [0.2, 0.25) is 0 Å². The van der Waals surface area contributed by atoms with E-state index in [1.807, 2.05) is 10.7 Å². The molecule has 0 bridgehead atoms. The number of hydrogen-bond acceptors (Lipinski definition) is 5. The van der Waals surface area contributed by atoms with Gasteiger partial charge in [-0.3, -0.25) is 9.59 Å². The van der Waals surface area contributed by atoms with Crippen LogP contribution in [0.5, 0.6) is 5.75 Å². The molecule has 8 heteroatoms. The van der Waals surface area contributed by atoms with Gasteiger partial charge in [0.1, 0.15) is 11.3 Å². The Bertz CT molecular complexity index is 1070. The average molecular weight is 407 g/mol. The monoisotopic (exact) mass is 407 g/mol. The van der Waals surface area contributed by atoms with Crippen LogP contribution in [0.4, 0.5) is 5.69 Å². The van der Waals surface area contributed by atoms with Gasteiger partial charge in [0.05, 0.1) is 25.2 Å². The van der Waals surface area contributed by atoms with E-state index in [2.05, 4.69) is 15.6 Å². The normalized spacial score (nSPS) is 14.1. The highest BCUT2D eigenvalue weighted by atomic mass is 16.5. The van der Waals surface area contributed by atoms with Crippen molar-refractivity contribution < 1.29 is 14.3 Å². The third-order valence-electron chi connectivity index (χ3n) is 5.47. The molecule has 1 N–H and O–H groups in total. The Labute approximate surface area is 174 Å². The number of hydrogen-bond donors (Lipinski definition) is 1. The number of ether oxygens (including phenoxy) is 1. The quantitative estimate of drug-likeness (QED) is 0.677. The number of carbonyl (C=O) groups excluding carboxylic acids is 2. The molecule has 3 aromatic rings. The summed E-state index contributed by atoms with van der Waals surface area (Å²) in [6, 6.07) is 12.9. The van der Waals surface area contributed by atoms with Crippen molar-refractivity contribution >= 4 is 28.5 Å². The first-order chi connectivity index (χ1) is 14.5. The predicted octanol–water partition coefficient (Wildman–Crippen LogP) is 3.27. The van der Waals surface area contributed by atoms with Crippen LogP contribution in [0.25, 0.3) is 11.0 Å². The maximum absolute atomic E-state index is 12.8. The van der Waals surface area contributed by atoms with Crippen LogP contribution in [0.1, 0.15) is 42.1 Å². The molecule has 1 aliphatic carbocycles. The van der Waals surface area contributed by atoms with Crippen LogP contribution in [0.15, 0.2) is 42.5 Å². The molecule has 1 fully saturated rings. The maximum atomic E-state index is 12.8. The predicted molar refractivity (Wildman–Crippen MR) is 114 cm³/mol. The van der Waals surface area contributed by atoms with E-state index in [0.717, 1.165) is 18.4 Å². The van der Waals surface area contributed by atoms with Crippen molar-refractivity contribution in [1.82, 2.24) is 19.9 Å². The van der Waals surface area contributed by atoms with Gasteiger partial charge >= 0.3 is 0 Å². The molecule has 8 nitrogen and oxygen atoms in total. The van der Waals surface area contributed by atoms with Gasteiger partial charge in [-0.25, -0.2) is 4.68 Å². The van der Waals surface area contributed by atoms with Gasteiger partial charge in [-0.1, -0.05) is 24.1 Å². The van der Waals surface area contributed by atoms with Crippen molar-refractivity contribution in [3.05, 3.63) is 48.0 Å². The van der Waals surface area contributed by atoms with Gasteiger partial charge in [-0.15, -0.1) is 5.10 Å². The number of aromatic nitrogens is 3. The van der Waals surface area contributed by atoms with E-state index in [9.17, 15) is 9.59 Å². The number of nitrogens with one attached hydrogen (secondary N) is 1. The Morgan fingerprint density at radius 3 is 2.77 bits per heavy atom. The average Bonchev–Trinajstić information content (AvgIpc) is 3.42. The molecule has 0 radical (unpaired) electrons. The molecule has 1 aliphatic rings. The fourth-order valence-corrected chi connectivity index (χ4v) is 3.90. The second-order valence-corrected chi connectivity index (χ2v) is 7.62. The largest absolute Gasteiger partial charge is 0.497 e. The van der Waals surface area contributed by atoms with Gasteiger partial charge in [-0.2, -0.15) is 0 Å². The minimum atomic E-state index is -0.285. The number of rotatable bonds is 6. The lowest BCUT2D eigenvalue weighted by Crippen LogP contribution is -2.34. The highest BCUT2D eigenvalue weighted by Crippen LogP contribution is 2.31. The first-order valence-electron chi connectivity index (χ1n) is 10.1. The fraction of sp³-hybridized carbons (Fsp3) is 0.364. The number of methoxy groups -OCH3 is 1. The highest BCUT2D eigenvalue weighted by Gasteiger charge is 2.21. The van der Waals surface area contributed by atoms with Crippen LogP contribution in [-0.4, -0.2) is 52.4 Å². The molecule has 1 saturated carbocycles. The van der Waals surface area contributed by atoms with Gasteiger partial charge in [-0.05, 0) is 43.2 Å². The second-order valence-electron chi connectivity index (χ2n) is 7.62. The molecule has 0 aliphatic heterocycles. The van der Waals surface area contributed by atoms with Gasteiger partial charge in [0.15, 0.2) is 0 Å². The minimum absolute atomic E-state index is 0.0666. The first-order valence-corrected chi connectivity index (χ1v) is 10.1. The number of anilines is 1. The lowest BCUT2D eigenvalue weighted by atomic mass is 10.1. The molecular weight excluding hydrogens is 382 g/mol. The standard InChI is InChI=1S/C22H25N5O3/c1-26(14-21(28)23-16-6-5-9-18(13-16)30-2)22(29)15-10-11-20-19(12-15)24-25-27(20)17-7-3-4-8-17/h5-6,9-13,17H,3-4,7-8,14H2,1-2H3,(H,23,28). The summed E-state index contributed by atoms with van der Waals surface area (Å²) >= 11 is 0. The number of likely N-dealkylation sites (N-methyl/N-ethyl adjacent to an activating group) is 1. The lowest BCUT2D eigenvalue weighted by Gasteiger charge is -2.17. The Morgan fingerprint density at radius 2 is 2.00 bits per heavy atom. The molecule has 1 aromatic heterocycles. The van der Waals surface area contributed by atoms with E-state index in [0.29, 0.717) is 28.6 Å². The first kappa shape index (κ1) is 19.9. The summed E-state index contributed by atoms with van der Waals surface area (Å²) in [6.45, 7) is -0.0666. The number of carbonyl (C=O) groups is 2. The summed E-state index contributed by atoms with van der Waals surface area (Å²) in [6.07, 6.45) is 4.66. The molecule has 0 spiro atoms. The Kier molecular flexibility index (Phi) is 5.65. The molecule has 0 atom stereocenters. The minimum Gasteiger partial charge on any atom is -0.497 e. The van der Waals surface area contributed by atoms with Crippen molar-refractivity contribution in [3.63, 3.8) is 0 Å². The molecule has 1 heterocycles. The van der Waals surface area contributed by atoms with Crippen molar-refractivity contribution in [1.29, 1.82) is 0 Å². The SMILES string of the molecule is COc1cccc(NC(=O)CN(C)C(=O)c2ccc3c(c2)nnn3C2CCCC2)c1. The zero-order chi connectivity index (χ0) is 21.1.